The lowest BCUT2D eigenvalue weighted by molar-refractivity contribution is 0.158. The number of hydrogen-bond acceptors (Lipinski definition) is 4. The van der Waals surface area contributed by atoms with Gasteiger partial charge in [0.15, 0.2) is 0 Å². The van der Waals surface area contributed by atoms with Gasteiger partial charge < -0.3 is 18.3 Å². The first kappa shape index (κ1) is 10.3. The first-order valence-electron chi connectivity index (χ1n) is 4.86. The normalized spacial score (nSPS) is 33.5. The van der Waals surface area contributed by atoms with Crippen LogP contribution in [0.1, 0.15) is 0 Å². The minimum atomic E-state index is -2.17. The fourth-order valence-electron chi connectivity index (χ4n) is 1.00. The van der Waals surface area contributed by atoms with Crippen LogP contribution < -0.4 is 0 Å². The monoisotopic (exact) mass is 216 g/mol. The summed E-state index contributed by atoms with van der Waals surface area (Å²) < 4.78 is 21.5. The van der Waals surface area contributed by atoms with E-state index in [1.54, 1.807) is 5.70 Å². The summed E-state index contributed by atoms with van der Waals surface area (Å²) in [4.78, 5) is 0. The predicted octanol–water partition coefficient (Wildman–Crippen LogP) is 0.614. The maximum Gasteiger partial charge on any atom is 0.361 e. The van der Waals surface area contributed by atoms with Crippen LogP contribution in [0.25, 0.3) is 0 Å². The molecule has 0 radical (unpaired) electrons. The fraction of sp³-hybridized carbons (Fsp3) is 0.778. The zero-order valence-corrected chi connectivity index (χ0v) is 9.40. The molecule has 2 heterocycles. The largest absolute Gasteiger partial charge is 0.389 e. The smallest absolute Gasteiger partial charge is 0.361 e. The highest BCUT2D eigenvalue weighted by Gasteiger charge is 2.34. The van der Waals surface area contributed by atoms with Crippen molar-refractivity contribution in [3.8, 4) is 0 Å². The summed E-state index contributed by atoms with van der Waals surface area (Å²) in [6, 6.07) is 0. The van der Waals surface area contributed by atoms with Crippen LogP contribution in [0.15, 0.2) is 12.3 Å². The minimum Gasteiger partial charge on any atom is -0.389 e. The molecule has 5 heteroatoms. The minimum absolute atomic E-state index is 0.280. The molecule has 0 N–H and O–H groups in total. The van der Waals surface area contributed by atoms with Gasteiger partial charge in [-0.3, -0.25) is 0 Å². The lowest BCUT2D eigenvalue weighted by Crippen LogP contribution is -2.39. The summed E-state index contributed by atoms with van der Waals surface area (Å²) in [5.74, 6) is 0. The third-order valence-corrected chi connectivity index (χ3v) is 4.51. The molecule has 0 bridgehead atoms. The van der Waals surface area contributed by atoms with E-state index in [9.17, 15) is 0 Å². The average molecular weight is 216 g/mol. The van der Waals surface area contributed by atoms with Crippen molar-refractivity contribution in [2.75, 3.05) is 26.4 Å². The number of ether oxygens (including phenoxy) is 2. The van der Waals surface area contributed by atoms with E-state index in [0.29, 0.717) is 13.2 Å². The van der Waals surface area contributed by atoms with Gasteiger partial charge in [0.05, 0.1) is 26.4 Å². The highest BCUT2D eigenvalue weighted by Crippen LogP contribution is 2.17. The summed E-state index contributed by atoms with van der Waals surface area (Å²) in [7, 11) is -2.17. The van der Waals surface area contributed by atoms with Crippen LogP contribution >= 0.6 is 0 Å². The first-order chi connectivity index (χ1) is 6.72. The van der Waals surface area contributed by atoms with Crippen LogP contribution in [-0.2, 0) is 18.3 Å². The second-order valence-corrected chi connectivity index (χ2v) is 6.77. The molecule has 4 nitrogen and oxygen atoms in total. The maximum absolute atomic E-state index is 5.70. The Balaban J connectivity index is 1.70. The van der Waals surface area contributed by atoms with Gasteiger partial charge in [-0.25, -0.2) is 0 Å². The topological polar surface area (TPSA) is 43.5 Å². The fourth-order valence-corrected chi connectivity index (χ4v) is 2.36. The van der Waals surface area contributed by atoms with Gasteiger partial charge in [0.2, 0.25) is 0 Å². The van der Waals surface area contributed by atoms with Crippen LogP contribution in [0.4, 0.5) is 0 Å². The van der Waals surface area contributed by atoms with E-state index >= 15 is 0 Å². The molecule has 2 unspecified atom stereocenters. The molecule has 0 amide bonds. The van der Waals surface area contributed by atoms with E-state index in [2.05, 4.69) is 6.58 Å². The van der Waals surface area contributed by atoms with E-state index < -0.39 is 8.56 Å². The van der Waals surface area contributed by atoms with E-state index in [1.807, 2.05) is 6.55 Å². The third-order valence-electron chi connectivity index (χ3n) is 2.29. The number of hydrogen-bond donors (Lipinski definition) is 0. The molecule has 0 aromatic carbocycles. The summed E-state index contributed by atoms with van der Waals surface area (Å²) in [5, 5.41) is 0. The standard InChI is InChI=1S/C9H16O4Si/c1-3-14(2,12-6-8-4-10-8)13-7-9-5-11-9/h3,8-9H,1,4-7H2,2H3. The molecule has 0 aromatic heterocycles. The van der Waals surface area contributed by atoms with E-state index in [1.165, 1.54) is 0 Å². The van der Waals surface area contributed by atoms with Gasteiger partial charge in [-0.1, -0.05) is 0 Å². The maximum atomic E-state index is 5.70. The predicted molar refractivity (Wildman–Crippen MR) is 53.2 cm³/mol. The van der Waals surface area contributed by atoms with Crippen molar-refractivity contribution in [1.29, 1.82) is 0 Å². The zero-order chi connectivity index (χ0) is 10.0. The van der Waals surface area contributed by atoms with Crippen LogP contribution in [-0.4, -0.2) is 47.2 Å². The Morgan fingerprint density at radius 2 is 1.71 bits per heavy atom. The lowest BCUT2D eigenvalue weighted by Gasteiger charge is -2.22. The SMILES string of the molecule is C=C[Si](C)(OCC1CO1)OCC1CO1. The summed E-state index contributed by atoms with van der Waals surface area (Å²) >= 11 is 0. The quantitative estimate of drug-likeness (QED) is 0.462. The van der Waals surface area contributed by atoms with Gasteiger partial charge >= 0.3 is 8.56 Å². The van der Waals surface area contributed by atoms with Gasteiger partial charge in [0.25, 0.3) is 0 Å². The summed E-state index contributed by atoms with van der Waals surface area (Å²) in [6.07, 6.45) is 0.560. The second-order valence-electron chi connectivity index (χ2n) is 3.75. The molecule has 80 valence electrons. The Kier molecular flexibility index (Phi) is 3.04. The molecule has 2 atom stereocenters. The number of rotatable bonds is 7. The Morgan fingerprint density at radius 3 is 2.00 bits per heavy atom. The Hall–Kier alpha value is -0.203. The summed E-state index contributed by atoms with van der Waals surface area (Å²) in [6.45, 7) is 8.63. The zero-order valence-electron chi connectivity index (χ0n) is 8.40. The van der Waals surface area contributed by atoms with Gasteiger partial charge in [-0.2, -0.15) is 0 Å². The molecule has 2 fully saturated rings. The molecule has 0 saturated carbocycles. The van der Waals surface area contributed by atoms with Crippen molar-refractivity contribution in [3.05, 3.63) is 12.3 Å². The van der Waals surface area contributed by atoms with Crippen molar-refractivity contribution in [2.45, 2.75) is 18.8 Å². The number of epoxide rings is 2. The van der Waals surface area contributed by atoms with E-state index in [0.717, 1.165) is 13.2 Å². The molecule has 2 aliphatic heterocycles. The molecule has 14 heavy (non-hydrogen) atoms. The first-order valence-corrected chi connectivity index (χ1v) is 7.26. The van der Waals surface area contributed by atoms with Gasteiger partial charge in [-0.05, 0) is 12.2 Å². The van der Waals surface area contributed by atoms with Crippen molar-refractivity contribution in [3.63, 3.8) is 0 Å². The van der Waals surface area contributed by atoms with Crippen LogP contribution in [0.2, 0.25) is 6.55 Å². The second kappa shape index (κ2) is 4.12. The molecule has 2 rings (SSSR count). The third kappa shape index (κ3) is 3.18. The molecular weight excluding hydrogens is 200 g/mol. The highest BCUT2D eigenvalue weighted by atomic mass is 28.4. The van der Waals surface area contributed by atoms with Crippen LogP contribution in [0.5, 0.6) is 0 Å². The lowest BCUT2D eigenvalue weighted by atomic mass is 10.5. The molecular formula is C9H16O4Si. The van der Waals surface area contributed by atoms with Gasteiger partial charge in [0.1, 0.15) is 12.2 Å². The summed E-state index contributed by atoms with van der Waals surface area (Å²) in [5.41, 5.74) is 1.80. The van der Waals surface area contributed by atoms with E-state index in [-0.39, 0.29) is 12.2 Å². The molecule has 0 spiro atoms. The van der Waals surface area contributed by atoms with E-state index in [4.69, 9.17) is 18.3 Å². The Morgan fingerprint density at radius 1 is 1.29 bits per heavy atom. The van der Waals surface area contributed by atoms with Crippen LogP contribution in [0.3, 0.4) is 0 Å². The molecule has 0 aromatic rings. The van der Waals surface area contributed by atoms with Crippen LogP contribution in [0, 0.1) is 0 Å². The molecule has 2 aliphatic rings. The van der Waals surface area contributed by atoms with Crippen molar-refractivity contribution in [1.82, 2.24) is 0 Å². The van der Waals surface area contributed by atoms with Crippen molar-refractivity contribution in [2.24, 2.45) is 0 Å². The average Bonchev–Trinajstić information content (AvgIpc) is 3.05. The van der Waals surface area contributed by atoms with Crippen molar-refractivity contribution < 1.29 is 18.3 Å². The molecule has 0 aliphatic carbocycles. The van der Waals surface area contributed by atoms with Gasteiger partial charge in [-0.15, -0.1) is 6.58 Å². The molecule has 2 saturated heterocycles. The van der Waals surface area contributed by atoms with Crippen molar-refractivity contribution >= 4 is 8.56 Å². The highest BCUT2D eigenvalue weighted by molar-refractivity contribution is 6.71. The Bertz CT molecular complexity index is 197. The Labute approximate surface area is 85.0 Å². The van der Waals surface area contributed by atoms with Gasteiger partial charge in [0, 0.05) is 0 Å².